The van der Waals surface area contributed by atoms with Crippen molar-refractivity contribution in [2.24, 2.45) is 0 Å². The molecular weight excluding hydrogens is 288 g/mol. The maximum absolute atomic E-state index is 9.26. The van der Waals surface area contributed by atoms with Crippen LogP contribution in [-0.2, 0) is 6.61 Å². The lowest BCUT2D eigenvalue weighted by molar-refractivity contribution is 0.297. The van der Waals surface area contributed by atoms with Crippen molar-refractivity contribution >= 4 is 0 Å². The molecule has 0 N–H and O–H groups in total. The van der Waals surface area contributed by atoms with E-state index in [0.717, 1.165) is 17.0 Å². The maximum Gasteiger partial charge on any atom is 0.189 e. The maximum atomic E-state index is 9.26. The molecule has 0 saturated carbocycles. The minimum atomic E-state index is 0.229. The highest BCUT2D eigenvalue weighted by atomic mass is 16.5. The number of nitrogens with zero attached hydrogens (tertiary/aromatic N) is 4. The Labute approximate surface area is 134 Å². The van der Waals surface area contributed by atoms with E-state index >= 15 is 0 Å². The molecule has 0 spiro atoms. The predicted octanol–water partition coefficient (Wildman–Crippen LogP) is 3.33. The summed E-state index contributed by atoms with van der Waals surface area (Å²) in [6, 6.07) is 17.7. The van der Waals surface area contributed by atoms with Crippen LogP contribution in [0.5, 0.6) is 5.75 Å². The first-order valence-electron chi connectivity index (χ1n) is 7.29. The monoisotopic (exact) mass is 304 g/mol. The van der Waals surface area contributed by atoms with Crippen LogP contribution in [0.15, 0.2) is 48.5 Å². The van der Waals surface area contributed by atoms with Crippen LogP contribution in [0.2, 0.25) is 0 Å². The van der Waals surface area contributed by atoms with E-state index in [9.17, 15) is 5.26 Å². The number of nitriles is 1. The Balaban J connectivity index is 1.92. The fraction of sp³-hybridized carbons (Fsp3) is 0.167. The van der Waals surface area contributed by atoms with Gasteiger partial charge in [-0.05, 0) is 37.6 Å². The molecular formula is C18H16N4O. The summed E-state index contributed by atoms with van der Waals surface area (Å²) in [6.07, 6.45) is 0. The molecule has 0 saturated heterocycles. The zero-order chi connectivity index (χ0) is 16.2. The van der Waals surface area contributed by atoms with Gasteiger partial charge in [0.2, 0.25) is 0 Å². The molecule has 0 atom stereocenters. The van der Waals surface area contributed by atoms with Crippen molar-refractivity contribution in [3.8, 4) is 17.5 Å². The van der Waals surface area contributed by atoms with E-state index < -0.39 is 0 Å². The van der Waals surface area contributed by atoms with Gasteiger partial charge in [-0.1, -0.05) is 41.1 Å². The molecule has 2 aromatic carbocycles. The molecule has 0 aliphatic heterocycles. The number of hydrogen-bond acceptors (Lipinski definition) is 4. The summed E-state index contributed by atoms with van der Waals surface area (Å²) < 4.78 is 7.47. The number of aromatic nitrogens is 3. The second kappa shape index (κ2) is 6.32. The van der Waals surface area contributed by atoms with Crippen LogP contribution in [0.1, 0.15) is 22.5 Å². The lowest BCUT2D eigenvalue weighted by atomic mass is 10.2. The normalized spacial score (nSPS) is 10.3. The summed E-state index contributed by atoms with van der Waals surface area (Å²) in [5.41, 5.74) is 4.03. The van der Waals surface area contributed by atoms with Crippen molar-refractivity contribution in [2.75, 3.05) is 0 Å². The number of rotatable bonds is 4. The molecule has 0 radical (unpaired) electrons. The Morgan fingerprint density at radius 2 is 1.83 bits per heavy atom. The molecule has 1 heterocycles. The Morgan fingerprint density at radius 1 is 1.09 bits per heavy atom. The largest absolute Gasteiger partial charge is 0.487 e. The minimum Gasteiger partial charge on any atom is -0.487 e. The first-order chi connectivity index (χ1) is 11.2. The number of hydrogen-bond donors (Lipinski definition) is 0. The third-order valence-corrected chi connectivity index (χ3v) is 3.61. The average molecular weight is 304 g/mol. The molecule has 0 bridgehead atoms. The zero-order valence-electron chi connectivity index (χ0n) is 13.0. The molecule has 0 aliphatic rings. The second-order valence-corrected chi connectivity index (χ2v) is 5.30. The van der Waals surface area contributed by atoms with Gasteiger partial charge >= 0.3 is 0 Å². The minimum absolute atomic E-state index is 0.229. The van der Waals surface area contributed by atoms with Gasteiger partial charge in [0.05, 0.1) is 5.69 Å². The molecule has 3 rings (SSSR count). The topological polar surface area (TPSA) is 63.7 Å². The van der Waals surface area contributed by atoms with Crippen LogP contribution < -0.4 is 4.74 Å². The van der Waals surface area contributed by atoms with Crippen molar-refractivity contribution in [3.63, 3.8) is 0 Å². The number of para-hydroxylation sites is 1. The van der Waals surface area contributed by atoms with Crippen LogP contribution >= 0.6 is 0 Å². The SMILES string of the molecule is Cc1ccc(OCc2c(C#N)nnn2-c2ccccc2C)cc1. The third-order valence-electron chi connectivity index (χ3n) is 3.61. The Bertz CT molecular complexity index is 859. The van der Waals surface area contributed by atoms with Crippen molar-refractivity contribution in [1.29, 1.82) is 5.26 Å². The molecule has 23 heavy (non-hydrogen) atoms. The van der Waals surface area contributed by atoms with Crippen LogP contribution in [-0.4, -0.2) is 15.0 Å². The van der Waals surface area contributed by atoms with E-state index in [4.69, 9.17) is 4.74 Å². The van der Waals surface area contributed by atoms with Crippen molar-refractivity contribution in [2.45, 2.75) is 20.5 Å². The summed E-state index contributed by atoms with van der Waals surface area (Å²) >= 11 is 0. The second-order valence-electron chi connectivity index (χ2n) is 5.30. The van der Waals surface area contributed by atoms with Crippen LogP contribution in [0.4, 0.5) is 0 Å². The molecule has 0 amide bonds. The molecule has 1 aromatic heterocycles. The summed E-state index contributed by atoms with van der Waals surface area (Å²) in [5.74, 6) is 0.747. The average Bonchev–Trinajstić information content (AvgIpc) is 2.97. The van der Waals surface area contributed by atoms with E-state index in [1.807, 2.05) is 62.4 Å². The Hall–Kier alpha value is -3.13. The number of ether oxygens (including phenoxy) is 1. The molecule has 5 heteroatoms. The number of aryl methyl sites for hydroxylation is 2. The zero-order valence-corrected chi connectivity index (χ0v) is 13.0. The van der Waals surface area contributed by atoms with Crippen molar-refractivity contribution in [3.05, 3.63) is 71.0 Å². The highest BCUT2D eigenvalue weighted by Crippen LogP contribution is 2.19. The lowest BCUT2D eigenvalue weighted by Gasteiger charge is -2.10. The molecule has 0 fully saturated rings. The predicted molar refractivity (Wildman–Crippen MR) is 86.3 cm³/mol. The third kappa shape index (κ3) is 3.06. The smallest absolute Gasteiger partial charge is 0.189 e. The Kier molecular flexibility index (Phi) is 4.07. The summed E-state index contributed by atoms with van der Waals surface area (Å²) in [5, 5.41) is 17.3. The van der Waals surface area contributed by atoms with Gasteiger partial charge in [0.25, 0.3) is 0 Å². The van der Waals surface area contributed by atoms with Gasteiger partial charge in [-0.25, -0.2) is 4.68 Å². The standard InChI is InChI=1S/C18H16N4O/c1-13-7-9-15(10-8-13)23-12-18-16(11-19)20-21-22(18)17-6-4-3-5-14(17)2/h3-10H,12H2,1-2H3. The van der Waals surface area contributed by atoms with Gasteiger partial charge in [0.15, 0.2) is 5.69 Å². The van der Waals surface area contributed by atoms with E-state index in [-0.39, 0.29) is 12.3 Å². The van der Waals surface area contributed by atoms with Gasteiger partial charge in [-0.2, -0.15) is 5.26 Å². The fourth-order valence-electron chi connectivity index (χ4n) is 2.30. The fourth-order valence-corrected chi connectivity index (χ4v) is 2.30. The van der Waals surface area contributed by atoms with Crippen molar-refractivity contribution in [1.82, 2.24) is 15.0 Å². The quantitative estimate of drug-likeness (QED) is 0.741. The summed E-state index contributed by atoms with van der Waals surface area (Å²) in [4.78, 5) is 0. The first kappa shape index (κ1) is 14.8. The highest BCUT2D eigenvalue weighted by molar-refractivity contribution is 5.42. The summed E-state index contributed by atoms with van der Waals surface area (Å²) in [6.45, 7) is 4.25. The molecule has 3 aromatic rings. The van der Waals surface area contributed by atoms with Crippen LogP contribution in [0.25, 0.3) is 5.69 Å². The lowest BCUT2D eigenvalue weighted by Crippen LogP contribution is -2.08. The van der Waals surface area contributed by atoms with Gasteiger partial charge < -0.3 is 4.74 Å². The van der Waals surface area contributed by atoms with Crippen LogP contribution in [0, 0.1) is 25.2 Å². The van der Waals surface area contributed by atoms with E-state index in [0.29, 0.717) is 5.69 Å². The summed E-state index contributed by atoms with van der Waals surface area (Å²) in [7, 11) is 0. The highest BCUT2D eigenvalue weighted by Gasteiger charge is 2.16. The van der Waals surface area contributed by atoms with Gasteiger partial charge in [-0.15, -0.1) is 5.10 Å². The van der Waals surface area contributed by atoms with Gasteiger partial charge in [0, 0.05) is 0 Å². The van der Waals surface area contributed by atoms with Crippen molar-refractivity contribution < 1.29 is 4.74 Å². The molecule has 114 valence electrons. The number of benzene rings is 2. The molecule has 0 unspecified atom stereocenters. The molecule has 0 aliphatic carbocycles. The molecule has 5 nitrogen and oxygen atoms in total. The Morgan fingerprint density at radius 3 is 2.52 bits per heavy atom. The van der Waals surface area contributed by atoms with Gasteiger partial charge in [0.1, 0.15) is 24.1 Å². The van der Waals surface area contributed by atoms with Crippen LogP contribution in [0.3, 0.4) is 0 Å². The van der Waals surface area contributed by atoms with E-state index in [1.54, 1.807) is 4.68 Å². The van der Waals surface area contributed by atoms with Gasteiger partial charge in [-0.3, -0.25) is 0 Å². The first-order valence-corrected chi connectivity index (χ1v) is 7.29. The van der Waals surface area contributed by atoms with E-state index in [1.165, 1.54) is 5.56 Å². The van der Waals surface area contributed by atoms with E-state index in [2.05, 4.69) is 16.4 Å².